The van der Waals surface area contributed by atoms with Crippen LogP contribution >= 0.6 is 11.3 Å². The average molecular weight is 359 g/mol. The molecule has 0 spiro atoms. The topological polar surface area (TPSA) is 71.5 Å². The Balaban J connectivity index is 1.82. The predicted molar refractivity (Wildman–Crippen MR) is 99.1 cm³/mol. The Morgan fingerprint density at radius 1 is 1.44 bits per heavy atom. The molecule has 0 bridgehead atoms. The normalized spacial score (nSPS) is 16.6. The van der Waals surface area contributed by atoms with E-state index in [1.807, 2.05) is 37.4 Å². The molecule has 0 radical (unpaired) electrons. The van der Waals surface area contributed by atoms with Crippen molar-refractivity contribution in [3.8, 4) is 17.0 Å². The Kier molecular flexibility index (Phi) is 4.76. The highest BCUT2D eigenvalue weighted by Gasteiger charge is 2.29. The maximum Gasteiger partial charge on any atom is 0.267 e. The zero-order valence-corrected chi connectivity index (χ0v) is 15.5. The lowest BCUT2D eigenvalue weighted by molar-refractivity contribution is -0.125. The van der Waals surface area contributed by atoms with E-state index in [2.05, 4.69) is 10.3 Å². The summed E-state index contributed by atoms with van der Waals surface area (Å²) in [5.41, 5.74) is 2.35. The third-order valence-electron chi connectivity index (χ3n) is 3.94. The average Bonchev–Trinajstić information content (AvgIpc) is 3.00. The molecule has 132 valence electrons. The molecule has 0 saturated heterocycles. The minimum Gasteiger partial charge on any atom is -0.479 e. The molecule has 0 aliphatic carbocycles. The predicted octanol–water partition coefficient (Wildman–Crippen LogP) is 3.54. The van der Waals surface area contributed by atoms with E-state index in [9.17, 15) is 9.59 Å². The fraction of sp³-hybridized carbons (Fsp3) is 0.389. The number of fused-ring (bicyclic) bond motifs is 1. The first-order chi connectivity index (χ1) is 11.8. The lowest BCUT2D eigenvalue weighted by atomic mass is 10.1. The van der Waals surface area contributed by atoms with Crippen molar-refractivity contribution in [3.05, 3.63) is 23.6 Å². The van der Waals surface area contributed by atoms with Crippen molar-refractivity contribution >= 4 is 34.0 Å². The fourth-order valence-corrected chi connectivity index (χ4v) is 3.41. The van der Waals surface area contributed by atoms with Gasteiger partial charge in [-0.3, -0.25) is 9.59 Å². The number of ether oxygens (including phenoxy) is 1. The number of hydrogen-bond acceptors (Lipinski definition) is 5. The molecule has 1 aliphatic rings. The SMILES string of the molecule is CC(C)CC(=O)Nc1nc(-c2ccc3c(c2)N(C)C(=O)[C@H](C)O3)cs1. The Bertz CT molecular complexity index is 816. The number of rotatable bonds is 4. The van der Waals surface area contributed by atoms with Gasteiger partial charge < -0.3 is 15.0 Å². The monoisotopic (exact) mass is 359 g/mol. The van der Waals surface area contributed by atoms with E-state index in [0.29, 0.717) is 23.2 Å². The molecule has 2 heterocycles. The van der Waals surface area contributed by atoms with E-state index >= 15 is 0 Å². The molecule has 2 aromatic rings. The molecule has 6 nitrogen and oxygen atoms in total. The van der Waals surface area contributed by atoms with E-state index in [4.69, 9.17) is 4.74 Å². The van der Waals surface area contributed by atoms with Crippen LogP contribution in [0.4, 0.5) is 10.8 Å². The summed E-state index contributed by atoms with van der Waals surface area (Å²) in [5.74, 6) is 0.869. The molecular weight excluding hydrogens is 338 g/mol. The molecule has 25 heavy (non-hydrogen) atoms. The Morgan fingerprint density at radius 2 is 2.20 bits per heavy atom. The van der Waals surface area contributed by atoms with Gasteiger partial charge in [-0.15, -0.1) is 11.3 Å². The number of carbonyl (C=O) groups is 2. The number of anilines is 2. The summed E-state index contributed by atoms with van der Waals surface area (Å²) in [5, 5.41) is 5.29. The van der Waals surface area contributed by atoms with Crippen LogP contribution in [0.5, 0.6) is 5.75 Å². The van der Waals surface area contributed by atoms with Crippen molar-refractivity contribution in [3.63, 3.8) is 0 Å². The van der Waals surface area contributed by atoms with Gasteiger partial charge in [0.2, 0.25) is 5.91 Å². The van der Waals surface area contributed by atoms with Crippen LogP contribution in [0.1, 0.15) is 27.2 Å². The van der Waals surface area contributed by atoms with Crippen LogP contribution in [0.3, 0.4) is 0 Å². The minimum atomic E-state index is -0.481. The van der Waals surface area contributed by atoms with E-state index in [1.165, 1.54) is 11.3 Å². The van der Waals surface area contributed by atoms with Crippen LogP contribution in [-0.4, -0.2) is 29.9 Å². The number of benzene rings is 1. The van der Waals surface area contributed by atoms with Gasteiger partial charge in [0.1, 0.15) is 5.75 Å². The quantitative estimate of drug-likeness (QED) is 0.906. The van der Waals surface area contributed by atoms with Crippen LogP contribution in [0.15, 0.2) is 23.6 Å². The molecule has 1 aromatic heterocycles. The van der Waals surface area contributed by atoms with E-state index in [1.54, 1.807) is 18.9 Å². The number of aromatic nitrogens is 1. The van der Waals surface area contributed by atoms with Gasteiger partial charge in [-0.1, -0.05) is 13.8 Å². The lowest BCUT2D eigenvalue weighted by Gasteiger charge is -2.30. The zero-order chi connectivity index (χ0) is 18.1. The van der Waals surface area contributed by atoms with E-state index < -0.39 is 6.10 Å². The number of likely N-dealkylation sites (N-methyl/N-ethyl adjacent to an activating group) is 1. The summed E-state index contributed by atoms with van der Waals surface area (Å²) < 4.78 is 5.63. The second-order valence-corrected chi connectivity index (χ2v) is 7.38. The third-order valence-corrected chi connectivity index (χ3v) is 4.70. The standard InChI is InChI=1S/C18H21N3O3S/c1-10(2)7-16(22)20-18-19-13(9-25-18)12-5-6-15-14(8-12)21(4)17(23)11(3)24-15/h5-6,8-11H,7H2,1-4H3,(H,19,20,22)/t11-/m0/s1. The van der Waals surface area contributed by atoms with Gasteiger partial charge in [-0.05, 0) is 31.0 Å². The summed E-state index contributed by atoms with van der Waals surface area (Å²) in [6.45, 7) is 5.74. The van der Waals surface area contributed by atoms with Gasteiger partial charge in [0, 0.05) is 24.4 Å². The van der Waals surface area contributed by atoms with Crippen molar-refractivity contribution in [1.82, 2.24) is 4.98 Å². The number of hydrogen-bond donors (Lipinski definition) is 1. The van der Waals surface area contributed by atoms with Crippen LogP contribution < -0.4 is 15.0 Å². The van der Waals surface area contributed by atoms with E-state index in [0.717, 1.165) is 16.9 Å². The van der Waals surface area contributed by atoms with Gasteiger partial charge in [0.25, 0.3) is 5.91 Å². The van der Waals surface area contributed by atoms with Gasteiger partial charge in [-0.2, -0.15) is 0 Å². The van der Waals surface area contributed by atoms with Crippen LogP contribution in [-0.2, 0) is 9.59 Å². The van der Waals surface area contributed by atoms with Gasteiger partial charge >= 0.3 is 0 Å². The summed E-state index contributed by atoms with van der Waals surface area (Å²) in [7, 11) is 1.74. The van der Waals surface area contributed by atoms with Crippen LogP contribution in [0.25, 0.3) is 11.3 Å². The number of thiazole rings is 1. The van der Waals surface area contributed by atoms with Crippen molar-refractivity contribution in [2.75, 3.05) is 17.3 Å². The number of nitrogens with one attached hydrogen (secondary N) is 1. The lowest BCUT2D eigenvalue weighted by Crippen LogP contribution is -2.41. The second kappa shape index (κ2) is 6.84. The molecule has 1 aromatic carbocycles. The zero-order valence-electron chi connectivity index (χ0n) is 14.7. The number of amides is 2. The fourth-order valence-electron chi connectivity index (χ4n) is 2.68. The Labute approximate surface area is 150 Å². The number of carbonyl (C=O) groups excluding carboxylic acids is 2. The first kappa shape index (κ1) is 17.4. The highest BCUT2D eigenvalue weighted by molar-refractivity contribution is 7.14. The summed E-state index contributed by atoms with van der Waals surface area (Å²) in [4.78, 5) is 30.0. The van der Waals surface area contributed by atoms with Crippen molar-refractivity contribution in [2.45, 2.75) is 33.3 Å². The first-order valence-corrected chi connectivity index (χ1v) is 9.07. The van der Waals surface area contributed by atoms with E-state index in [-0.39, 0.29) is 11.8 Å². The molecule has 1 atom stereocenters. The summed E-state index contributed by atoms with van der Waals surface area (Å²) in [6, 6.07) is 5.64. The smallest absolute Gasteiger partial charge is 0.267 e. The maximum absolute atomic E-state index is 12.1. The molecule has 0 fully saturated rings. The largest absolute Gasteiger partial charge is 0.479 e. The van der Waals surface area contributed by atoms with Gasteiger partial charge in [0.15, 0.2) is 11.2 Å². The molecular formula is C18H21N3O3S. The van der Waals surface area contributed by atoms with Crippen LogP contribution in [0.2, 0.25) is 0 Å². The molecule has 1 N–H and O–H groups in total. The van der Waals surface area contributed by atoms with Crippen molar-refractivity contribution in [2.24, 2.45) is 5.92 Å². The minimum absolute atomic E-state index is 0.0333. The molecule has 0 saturated carbocycles. The van der Waals surface area contributed by atoms with Crippen molar-refractivity contribution in [1.29, 1.82) is 0 Å². The Hall–Kier alpha value is -2.41. The van der Waals surface area contributed by atoms with Crippen molar-refractivity contribution < 1.29 is 14.3 Å². The summed E-state index contributed by atoms with van der Waals surface area (Å²) >= 11 is 1.38. The highest BCUT2D eigenvalue weighted by Crippen LogP contribution is 2.37. The maximum atomic E-state index is 12.1. The molecule has 3 rings (SSSR count). The third kappa shape index (κ3) is 3.66. The number of nitrogens with zero attached hydrogens (tertiary/aromatic N) is 2. The Morgan fingerprint density at radius 3 is 2.92 bits per heavy atom. The van der Waals surface area contributed by atoms with Gasteiger partial charge in [-0.25, -0.2) is 4.98 Å². The van der Waals surface area contributed by atoms with Gasteiger partial charge in [0.05, 0.1) is 11.4 Å². The highest BCUT2D eigenvalue weighted by atomic mass is 32.1. The summed E-state index contributed by atoms with van der Waals surface area (Å²) in [6.07, 6.45) is -0.0127. The first-order valence-electron chi connectivity index (χ1n) is 8.19. The molecule has 2 amide bonds. The second-order valence-electron chi connectivity index (χ2n) is 6.52. The molecule has 1 aliphatic heterocycles. The molecule has 0 unspecified atom stereocenters. The molecule has 7 heteroatoms. The van der Waals surface area contributed by atoms with Crippen LogP contribution in [0, 0.1) is 5.92 Å².